The highest BCUT2D eigenvalue weighted by molar-refractivity contribution is 8.01. The largest absolute Gasteiger partial charge is 0.351 e. The third-order valence-corrected chi connectivity index (χ3v) is 4.83. The van der Waals surface area contributed by atoms with Gasteiger partial charge in [-0.1, -0.05) is 42.2 Å². The first-order valence-electron chi connectivity index (χ1n) is 7.49. The van der Waals surface area contributed by atoms with Gasteiger partial charge in [-0.15, -0.1) is 10.2 Å². The highest BCUT2D eigenvalue weighted by atomic mass is 32.2. The van der Waals surface area contributed by atoms with Gasteiger partial charge < -0.3 is 10.6 Å². The molecular formula is C16H22N4OS2. The number of amides is 1. The summed E-state index contributed by atoms with van der Waals surface area (Å²) in [4.78, 5) is 11.8. The van der Waals surface area contributed by atoms with Crippen LogP contribution >= 0.6 is 23.1 Å². The molecule has 124 valence electrons. The first-order valence-corrected chi connectivity index (χ1v) is 9.29. The number of nitrogens with one attached hydrogen (secondary N) is 2. The normalized spacial score (nSPS) is 11.3. The lowest BCUT2D eigenvalue weighted by Gasteiger charge is -2.19. The number of rotatable bonds is 6. The second kappa shape index (κ2) is 7.79. The van der Waals surface area contributed by atoms with E-state index in [4.69, 9.17) is 0 Å². The Morgan fingerprint density at radius 3 is 2.52 bits per heavy atom. The Morgan fingerprint density at radius 1 is 1.22 bits per heavy atom. The highest BCUT2D eigenvalue weighted by Gasteiger charge is 2.14. The molecule has 1 heterocycles. The number of hydrogen-bond acceptors (Lipinski definition) is 6. The number of aryl methyl sites for hydroxylation is 1. The molecule has 2 aromatic rings. The van der Waals surface area contributed by atoms with E-state index in [1.54, 1.807) is 0 Å². The fraction of sp³-hybridized carbons (Fsp3) is 0.438. The van der Waals surface area contributed by atoms with Crippen molar-refractivity contribution in [3.05, 3.63) is 29.8 Å². The predicted molar refractivity (Wildman–Crippen MR) is 97.6 cm³/mol. The first-order chi connectivity index (χ1) is 10.9. The average Bonchev–Trinajstić information content (AvgIpc) is 2.92. The lowest BCUT2D eigenvalue weighted by Crippen LogP contribution is -2.41. The van der Waals surface area contributed by atoms with E-state index in [1.165, 1.54) is 28.7 Å². The molecule has 7 heteroatoms. The van der Waals surface area contributed by atoms with Crippen LogP contribution in [0.15, 0.2) is 28.6 Å². The topological polar surface area (TPSA) is 66.9 Å². The van der Waals surface area contributed by atoms with Crippen molar-refractivity contribution in [2.75, 3.05) is 11.1 Å². The van der Waals surface area contributed by atoms with E-state index in [0.29, 0.717) is 5.75 Å². The Labute approximate surface area is 145 Å². The highest BCUT2D eigenvalue weighted by Crippen LogP contribution is 2.27. The van der Waals surface area contributed by atoms with Gasteiger partial charge in [-0.2, -0.15) is 0 Å². The number of aromatic nitrogens is 2. The molecule has 1 amide bonds. The quantitative estimate of drug-likeness (QED) is 0.775. The van der Waals surface area contributed by atoms with Gasteiger partial charge in [-0.3, -0.25) is 4.79 Å². The average molecular weight is 351 g/mol. The molecule has 0 radical (unpaired) electrons. The maximum atomic E-state index is 11.8. The fourth-order valence-corrected chi connectivity index (χ4v) is 3.42. The van der Waals surface area contributed by atoms with Crippen LogP contribution in [0.3, 0.4) is 0 Å². The zero-order chi connectivity index (χ0) is 16.9. The third-order valence-electron chi connectivity index (χ3n) is 2.86. The van der Waals surface area contributed by atoms with Crippen LogP contribution in [0.2, 0.25) is 0 Å². The van der Waals surface area contributed by atoms with Gasteiger partial charge in [-0.25, -0.2) is 0 Å². The first kappa shape index (κ1) is 17.7. The number of nitrogens with zero attached hydrogens (tertiary/aromatic N) is 2. The number of carbonyl (C=O) groups is 1. The van der Waals surface area contributed by atoms with E-state index in [1.807, 2.05) is 32.9 Å². The number of benzene rings is 1. The molecule has 0 saturated heterocycles. The molecule has 5 nitrogen and oxygen atoms in total. The van der Waals surface area contributed by atoms with E-state index in [-0.39, 0.29) is 11.4 Å². The molecule has 23 heavy (non-hydrogen) atoms. The van der Waals surface area contributed by atoms with Crippen molar-refractivity contribution < 1.29 is 4.79 Å². The summed E-state index contributed by atoms with van der Waals surface area (Å²) in [6, 6.07) is 8.25. The molecule has 0 aliphatic carbocycles. The lowest BCUT2D eigenvalue weighted by molar-refractivity contribution is -0.119. The lowest BCUT2D eigenvalue weighted by atomic mass is 10.1. The molecule has 1 aromatic heterocycles. The van der Waals surface area contributed by atoms with Crippen molar-refractivity contribution in [2.45, 2.75) is 44.0 Å². The summed E-state index contributed by atoms with van der Waals surface area (Å²) in [6.07, 6.45) is 1.02. The van der Waals surface area contributed by atoms with Crippen molar-refractivity contribution >= 4 is 39.8 Å². The molecule has 0 spiro atoms. The number of thioether (sulfide) groups is 1. The molecular weight excluding hydrogens is 328 g/mol. The van der Waals surface area contributed by atoms with Crippen LogP contribution in [-0.2, 0) is 11.2 Å². The molecule has 0 atom stereocenters. The molecule has 0 unspecified atom stereocenters. The summed E-state index contributed by atoms with van der Waals surface area (Å²) in [5.41, 5.74) is 2.07. The summed E-state index contributed by atoms with van der Waals surface area (Å²) in [5, 5.41) is 15.1. The molecule has 0 fully saturated rings. The zero-order valence-corrected chi connectivity index (χ0v) is 15.5. The molecule has 1 aromatic carbocycles. The second-order valence-electron chi connectivity index (χ2n) is 6.14. The minimum Gasteiger partial charge on any atom is -0.351 e. The van der Waals surface area contributed by atoms with Gasteiger partial charge >= 0.3 is 0 Å². The molecule has 2 N–H and O–H groups in total. The Hall–Kier alpha value is -1.60. The van der Waals surface area contributed by atoms with Crippen LogP contribution in [0.1, 0.15) is 33.3 Å². The smallest absolute Gasteiger partial charge is 0.230 e. The van der Waals surface area contributed by atoms with Gasteiger partial charge in [0.1, 0.15) is 0 Å². The fourth-order valence-electron chi connectivity index (χ4n) is 1.85. The van der Waals surface area contributed by atoms with Crippen molar-refractivity contribution in [3.63, 3.8) is 0 Å². The zero-order valence-electron chi connectivity index (χ0n) is 13.8. The van der Waals surface area contributed by atoms with Crippen LogP contribution in [0, 0.1) is 0 Å². The van der Waals surface area contributed by atoms with Gasteiger partial charge in [0.15, 0.2) is 4.34 Å². The van der Waals surface area contributed by atoms with Crippen LogP contribution in [-0.4, -0.2) is 27.4 Å². The Morgan fingerprint density at radius 2 is 1.91 bits per heavy atom. The Kier molecular flexibility index (Phi) is 6.01. The van der Waals surface area contributed by atoms with E-state index < -0.39 is 0 Å². The van der Waals surface area contributed by atoms with Crippen molar-refractivity contribution in [1.82, 2.24) is 15.5 Å². The van der Waals surface area contributed by atoms with Crippen molar-refractivity contribution in [2.24, 2.45) is 0 Å². The van der Waals surface area contributed by atoms with Crippen LogP contribution < -0.4 is 10.6 Å². The van der Waals surface area contributed by atoms with Gasteiger partial charge in [0.05, 0.1) is 5.75 Å². The van der Waals surface area contributed by atoms with E-state index in [2.05, 4.69) is 39.9 Å². The Balaban J connectivity index is 1.86. The van der Waals surface area contributed by atoms with Gasteiger partial charge in [-0.05, 0) is 44.9 Å². The minimum absolute atomic E-state index is 0.00219. The maximum Gasteiger partial charge on any atom is 0.230 e. The standard InChI is InChI=1S/C16H22N4OS2/c1-5-11-6-8-12(9-7-11)17-14-19-20-15(23-14)22-10-13(21)18-16(2,3)4/h6-9H,5,10H2,1-4H3,(H,17,19)(H,18,21). The minimum atomic E-state index is -0.212. The second-order valence-corrected chi connectivity index (χ2v) is 8.34. The van der Waals surface area contributed by atoms with E-state index in [0.717, 1.165) is 21.6 Å². The maximum absolute atomic E-state index is 11.8. The van der Waals surface area contributed by atoms with Crippen LogP contribution in [0.5, 0.6) is 0 Å². The predicted octanol–water partition coefficient (Wildman–Crippen LogP) is 3.85. The Bertz CT molecular complexity index is 647. The third kappa shape index (κ3) is 6.19. The summed E-state index contributed by atoms with van der Waals surface area (Å²) < 4.78 is 0.779. The molecule has 0 aliphatic rings. The van der Waals surface area contributed by atoms with Crippen molar-refractivity contribution in [3.8, 4) is 0 Å². The number of hydrogen-bond donors (Lipinski definition) is 2. The summed E-state index contributed by atoms with van der Waals surface area (Å²) in [5.74, 6) is 0.347. The van der Waals surface area contributed by atoms with Crippen LogP contribution in [0.4, 0.5) is 10.8 Å². The molecule has 2 rings (SSSR count). The monoisotopic (exact) mass is 350 g/mol. The summed E-state index contributed by atoms with van der Waals surface area (Å²) in [7, 11) is 0. The van der Waals surface area contributed by atoms with Gasteiger partial charge in [0.25, 0.3) is 0 Å². The molecule has 0 bridgehead atoms. The van der Waals surface area contributed by atoms with E-state index in [9.17, 15) is 4.79 Å². The number of anilines is 2. The van der Waals surface area contributed by atoms with Crippen LogP contribution in [0.25, 0.3) is 0 Å². The summed E-state index contributed by atoms with van der Waals surface area (Å²) >= 11 is 2.85. The molecule has 0 saturated carbocycles. The van der Waals surface area contributed by atoms with E-state index >= 15 is 0 Å². The van der Waals surface area contributed by atoms with Gasteiger partial charge in [0.2, 0.25) is 11.0 Å². The van der Waals surface area contributed by atoms with Gasteiger partial charge in [0, 0.05) is 11.2 Å². The van der Waals surface area contributed by atoms with Crippen molar-refractivity contribution in [1.29, 1.82) is 0 Å². The molecule has 0 aliphatic heterocycles. The SMILES string of the molecule is CCc1ccc(Nc2nnc(SCC(=O)NC(C)(C)C)s2)cc1. The number of carbonyl (C=O) groups excluding carboxylic acids is 1. The summed E-state index contributed by atoms with van der Waals surface area (Å²) in [6.45, 7) is 8.03.